The highest BCUT2D eigenvalue weighted by atomic mass is 16.1. The molecule has 0 spiro atoms. The van der Waals surface area contributed by atoms with Crippen molar-refractivity contribution in [3.05, 3.63) is 59.3 Å². The summed E-state index contributed by atoms with van der Waals surface area (Å²) >= 11 is 0. The Morgan fingerprint density at radius 1 is 1.32 bits per heavy atom. The van der Waals surface area contributed by atoms with E-state index >= 15 is 0 Å². The molecule has 3 N–H and O–H groups in total. The van der Waals surface area contributed by atoms with Gasteiger partial charge in [-0.2, -0.15) is 0 Å². The van der Waals surface area contributed by atoms with Crippen LogP contribution < -0.4 is 10.6 Å². The number of hydrogen-bond donors (Lipinski definition) is 2. The van der Waals surface area contributed by atoms with Crippen molar-refractivity contribution in [2.45, 2.75) is 32.2 Å². The number of aromatic nitrogens is 3. The van der Waals surface area contributed by atoms with Crippen LogP contribution in [0, 0.1) is 6.57 Å². The van der Waals surface area contributed by atoms with Crippen molar-refractivity contribution in [1.29, 1.82) is 0 Å². The molecule has 1 aliphatic heterocycles. The van der Waals surface area contributed by atoms with Crippen molar-refractivity contribution in [2.24, 2.45) is 5.73 Å². The zero-order valence-electron chi connectivity index (χ0n) is 17.7. The van der Waals surface area contributed by atoms with Crippen LogP contribution in [0.5, 0.6) is 0 Å². The number of nitrogens with two attached hydrogens (primary N) is 1. The van der Waals surface area contributed by atoms with Gasteiger partial charge in [0.2, 0.25) is 5.95 Å². The van der Waals surface area contributed by atoms with Gasteiger partial charge in [-0.25, -0.2) is 14.8 Å². The maximum atomic E-state index is 11.4. The Morgan fingerprint density at radius 2 is 2.19 bits per heavy atom. The van der Waals surface area contributed by atoms with E-state index in [2.05, 4.69) is 42.7 Å². The van der Waals surface area contributed by atoms with Gasteiger partial charge in [-0.1, -0.05) is 6.07 Å². The molecule has 31 heavy (non-hydrogen) atoms. The highest BCUT2D eigenvalue weighted by Gasteiger charge is 2.25. The van der Waals surface area contributed by atoms with Crippen LogP contribution in [0.2, 0.25) is 0 Å². The summed E-state index contributed by atoms with van der Waals surface area (Å²) < 4.78 is 0. The highest BCUT2D eigenvalue weighted by molar-refractivity contribution is 5.90. The van der Waals surface area contributed by atoms with E-state index < -0.39 is 5.91 Å². The van der Waals surface area contributed by atoms with Crippen LogP contribution >= 0.6 is 0 Å². The SMILES string of the molecule is [C-]#[N+]c1ccc2[nH]cc(CCCCN3CCN(c4nccc(C(N)=O)n4)C(C)C3)c2c1. The maximum absolute atomic E-state index is 11.4. The minimum absolute atomic E-state index is 0.250. The molecule has 3 heterocycles. The molecule has 1 unspecified atom stereocenters. The van der Waals surface area contributed by atoms with Gasteiger partial charge in [0.1, 0.15) is 5.69 Å². The molecular formula is C23H27N7O. The van der Waals surface area contributed by atoms with E-state index in [-0.39, 0.29) is 11.7 Å². The fraction of sp³-hybridized carbons (Fsp3) is 0.391. The van der Waals surface area contributed by atoms with Gasteiger partial charge in [0.05, 0.1) is 6.57 Å². The van der Waals surface area contributed by atoms with Gasteiger partial charge in [-0.3, -0.25) is 9.69 Å². The molecule has 1 aromatic carbocycles. The largest absolute Gasteiger partial charge is 0.364 e. The zero-order valence-corrected chi connectivity index (χ0v) is 17.7. The molecule has 0 bridgehead atoms. The number of carbonyl (C=O) groups excluding carboxylic acids is 1. The first-order valence-corrected chi connectivity index (χ1v) is 10.6. The van der Waals surface area contributed by atoms with Crippen LogP contribution in [-0.2, 0) is 6.42 Å². The number of unbranched alkanes of at least 4 members (excludes halogenated alkanes) is 1. The fourth-order valence-corrected chi connectivity index (χ4v) is 4.25. The van der Waals surface area contributed by atoms with Crippen molar-refractivity contribution >= 4 is 28.4 Å². The van der Waals surface area contributed by atoms with E-state index in [1.165, 1.54) is 5.56 Å². The number of anilines is 1. The van der Waals surface area contributed by atoms with Gasteiger partial charge in [0.25, 0.3) is 5.91 Å². The van der Waals surface area contributed by atoms with E-state index in [0.717, 1.165) is 56.3 Å². The minimum atomic E-state index is -0.532. The number of nitrogens with zero attached hydrogens (tertiary/aromatic N) is 5. The third-order valence-corrected chi connectivity index (χ3v) is 5.91. The molecule has 8 nitrogen and oxygen atoms in total. The van der Waals surface area contributed by atoms with Crippen LogP contribution in [-0.4, -0.2) is 58.0 Å². The van der Waals surface area contributed by atoms with Crippen LogP contribution in [0.15, 0.2) is 36.7 Å². The molecule has 0 aliphatic carbocycles. The normalized spacial score (nSPS) is 17.0. The lowest BCUT2D eigenvalue weighted by molar-refractivity contribution is 0.0995. The molecular weight excluding hydrogens is 390 g/mol. The summed E-state index contributed by atoms with van der Waals surface area (Å²) in [7, 11) is 0. The van der Waals surface area contributed by atoms with Crippen molar-refractivity contribution in [3.8, 4) is 0 Å². The number of nitrogens with one attached hydrogen (secondary N) is 1. The molecule has 3 aromatic rings. The number of amides is 1. The third-order valence-electron chi connectivity index (χ3n) is 5.91. The second kappa shape index (κ2) is 9.14. The number of benzene rings is 1. The first-order chi connectivity index (χ1) is 15.0. The summed E-state index contributed by atoms with van der Waals surface area (Å²) in [4.78, 5) is 31.5. The average Bonchev–Trinajstić information content (AvgIpc) is 3.19. The number of fused-ring (bicyclic) bond motifs is 1. The van der Waals surface area contributed by atoms with Gasteiger partial charge < -0.3 is 15.6 Å². The number of hydrogen-bond acceptors (Lipinski definition) is 5. The van der Waals surface area contributed by atoms with Gasteiger partial charge >= 0.3 is 0 Å². The quantitative estimate of drug-likeness (QED) is 0.455. The first-order valence-electron chi connectivity index (χ1n) is 10.6. The minimum Gasteiger partial charge on any atom is -0.364 e. The Morgan fingerprint density at radius 3 is 2.97 bits per heavy atom. The van der Waals surface area contributed by atoms with Gasteiger partial charge in [0, 0.05) is 43.6 Å². The van der Waals surface area contributed by atoms with E-state index in [9.17, 15) is 4.79 Å². The summed E-state index contributed by atoms with van der Waals surface area (Å²) in [6, 6.07) is 7.62. The highest BCUT2D eigenvalue weighted by Crippen LogP contribution is 2.25. The second-order valence-corrected chi connectivity index (χ2v) is 8.06. The zero-order chi connectivity index (χ0) is 21.8. The van der Waals surface area contributed by atoms with Crippen LogP contribution in [0.25, 0.3) is 15.7 Å². The molecule has 1 fully saturated rings. The number of aryl methyl sites for hydroxylation is 1. The molecule has 1 atom stereocenters. The predicted octanol–water partition coefficient (Wildman–Crippen LogP) is 3.14. The number of primary amides is 1. The second-order valence-electron chi connectivity index (χ2n) is 8.06. The lowest BCUT2D eigenvalue weighted by Crippen LogP contribution is -2.52. The molecule has 0 radical (unpaired) electrons. The summed E-state index contributed by atoms with van der Waals surface area (Å²) in [5.74, 6) is 0.0389. The molecule has 2 aromatic heterocycles. The Hall–Kier alpha value is -3.44. The Kier molecular flexibility index (Phi) is 6.14. The lowest BCUT2D eigenvalue weighted by Gasteiger charge is -2.40. The monoisotopic (exact) mass is 417 g/mol. The molecule has 0 saturated carbocycles. The van der Waals surface area contributed by atoms with E-state index in [0.29, 0.717) is 11.6 Å². The number of carbonyl (C=O) groups is 1. The van der Waals surface area contributed by atoms with Crippen molar-refractivity contribution in [3.63, 3.8) is 0 Å². The standard InChI is InChI=1S/C23H27N7O/c1-16-15-29(11-12-30(16)23-26-9-8-21(28-23)22(24)31)10-4-3-5-17-14-27-20-7-6-18(25-2)13-19(17)20/h6-9,13-14,16,27H,3-5,10-12,15H2,1H3,(H2,24,31). The summed E-state index contributed by atoms with van der Waals surface area (Å²) in [6.45, 7) is 13.1. The smallest absolute Gasteiger partial charge is 0.267 e. The van der Waals surface area contributed by atoms with E-state index in [1.54, 1.807) is 12.3 Å². The lowest BCUT2D eigenvalue weighted by atomic mass is 10.1. The Labute approximate surface area is 181 Å². The summed E-state index contributed by atoms with van der Waals surface area (Å²) in [5, 5.41) is 1.16. The third kappa shape index (κ3) is 4.67. The number of piperazine rings is 1. The van der Waals surface area contributed by atoms with Gasteiger partial charge in [-0.15, -0.1) is 0 Å². The van der Waals surface area contributed by atoms with Crippen molar-refractivity contribution in [1.82, 2.24) is 19.9 Å². The molecule has 1 saturated heterocycles. The van der Waals surface area contributed by atoms with Crippen LogP contribution in [0.3, 0.4) is 0 Å². The van der Waals surface area contributed by atoms with Crippen LogP contribution in [0.1, 0.15) is 35.8 Å². The molecule has 8 heteroatoms. The predicted molar refractivity (Wildman–Crippen MR) is 121 cm³/mol. The van der Waals surface area contributed by atoms with Crippen molar-refractivity contribution in [2.75, 3.05) is 31.1 Å². The topological polar surface area (TPSA) is 95.5 Å². The van der Waals surface area contributed by atoms with Crippen molar-refractivity contribution < 1.29 is 4.79 Å². The molecule has 4 rings (SSSR count). The number of rotatable bonds is 7. The summed E-state index contributed by atoms with van der Waals surface area (Å²) in [5.41, 5.74) is 8.66. The van der Waals surface area contributed by atoms with Crippen LogP contribution in [0.4, 0.5) is 11.6 Å². The molecule has 160 valence electrons. The average molecular weight is 418 g/mol. The summed E-state index contributed by atoms with van der Waals surface area (Å²) in [6.07, 6.45) is 6.89. The molecule has 1 aliphatic rings. The van der Waals surface area contributed by atoms with Gasteiger partial charge in [0.15, 0.2) is 5.69 Å². The Balaban J connectivity index is 1.27. The number of H-pyrrole nitrogens is 1. The number of aromatic amines is 1. The van der Waals surface area contributed by atoms with E-state index in [1.807, 2.05) is 18.2 Å². The van der Waals surface area contributed by atoms with Gasteiger partial charge in [-0.05, 0) is 61.9 Å². The maximum Gasteiger partial charge on any atom is 0.267 e. The Bertz CT molecular complexity index is 1120. The molecule has 1 amide bonds. The first kappa shape index (κ1) is 20.8. The van der Waals surface area contributed by atoms with E-state index in [4.69, 9.17) is 12.3 Å². The fourth-order valence-electron chi connectivity index (χ4n) is 4.25.